The Kier molecular flexibility index (Phi) is 6.30. The number of esters is 1. The molecule has 0 aliphatic heterocycles. The lowest BCUT2D eigenvalue weighted by atomic mass is 9.77. The Hall–Kier alpha value is -2.37. The molecular formula is C17H23NO5. The van der Waals surface area contributed by atoms with Gasteiger partial charge in [0, 0.05) is 12.5 Å². The third-order valence-corrected chi connectivity index (χ3v) is 3.53. The fourth-order valence-corrected chi connectivity index (χ4v) is 2.21. The highest BCUT2D eigenvalue weighted by atomic mass is 16.5. The summed E-state index contributed by atoms with van der Waals surface area (Å²) >= 11 is 0. The van der Waals surface area contributed by atoms with E-state index in [1.54, 1.807) is 45.0 Å². The van der Waals surface area contributed by atoms with E-state index < -0.39 is 23.3 Å². The SMILES string of the molecule is CCOC(=O)[C@H](NC(C)=O)C(C)(C)C(=O)c1ccc(OC)cc1. The number of benzene rings is 1. The Bertz CT molecular complexity index is 577. The van der Waals surface area contributed by atoms with E-state index in [0.29, 0.717) is 11.3 Å². The van der Waals surface area contributed by atoms with Crippen LogP contribution in [0.4, 0.5) is 0 Å². The zero-order valence-electron chi connectivity index (χ0n) is 14.1. The van der Waals surface area contributed by atoms with Crippen molar-refractivity contribution in [3.8, 4) is 5.75 Å². The molecule has 1 N–H and O–H groups in total. The largest absolute Gasteiger partial charge is 0.497 e. The van der Waals surface area contributed by atoms with Crippen LogP contribution in [0.3, 0.4) is 0 Å². The third kappa shape index (κ3) is 4.55. The van der Waals surface area contributed by atoms with Gasteiger partial charge in [0.05, 0.1) is 19.1 Å². The van der Waals surface area contributed by atoms with E-state index in [2.05, 4.69) is 5.32 Å². The number of ketones is 1. The highest BCUT2D eigenvalue weighted by molar-refractivity contribution is 6.04. The van der Waals surface area contributed by atoms with E-state index in [-0.39, 0.29) is 12.4 Å². The lowest BCUT2D eigenvalue weighted by Crippen LogP contribution is -2.53. The summed E-state index contributed by atoms with van der Waals surface area (Å²) in [6, 6.07) is 5.52. The maximum atomic E-state index is 12.8. The number of carbonyl (C=O) groups is 3. The smallest absolute Gasteiger partial charge is 0.329 e. The lowest BCUT2D eigenvalue weighted by Gasteiger charge is -2.31. The van der Waals surface area contributed by atoms with Gasteiger partial charge in [0.25, 0.3) is 0 Å². The molecular weight excluding hydrogens is 298 g/mol. The van der Waals surface area contributed by atoms with Crippen molar-refractivity contribution in [1.29, 1.82) is 0 Å². The zero-order chi connectivity index (χ0) is 17.6. The Morgan fingerprint density at radius 3 is 2.17 bits per heavy atom. The van der Waals surface area contributed by atoms with Gasteiger partial charge in [0.15, 0.2) is 5.78 Å². The molecule has 0 aliphatic carbocycles. The van der Waals surface area contributed by atoms with Gasteiger partial charge in [-0.2, -0.15) is 0 Å². The van der Waals surface area contributed by atoms with E-state index in [9.17, 15) is 14.4 Å². The van der Waals surface area contributed by atoms with Crippen molar-refractivity contribution in [1.82, 2.24) is 5.32 Å². The van der Waals surface area contributed by atoms with Crippen LogP contribution >= 0.6 is 0 Å². The van der Waals surface area contributed by atoms with Gasteiger partial charge < -0.3 is 14.8 Å². The van der Waals surface area contributed by atoms with E-state index in [4.69, 9.17) is 9.47 Å². The van der Waals surface area contributed by atoms with Crippen molar-refractivity contribution >= 4 is 17.7 Å². The fourth-order valence-electron chi connectivity index (χ4n) is 2.21. The van der Waals surface area contributed by atoms with Crippen LogP contribution in [0.15, 0.2) is 24.3 Å². The van der Waals surface area contributed by atoms with Crippen LogP contribution in [-0.2, 0) is 14.3 Å². The summed E-state index contributed by atoms with van der Waals surface area (Å²) in [6.45, 7) is 6.34. The molecule has 0 radical (unpaired) electrons. The minimum atomic E-state index is -1.16. The quantitative estimate of drug-likeness (QED) is 0.613. The highest BCUT2D eigenvalue weighted by Gasteiger charge is 2.43. The molecule has 0 saturated heterocycles. The van der Waals surface area contributed by atoms with Gasteiger partial charge >= 0.3 is 5.97 Å². The molecule has 0 unspecified atom stereocenters. The summed E-state index contributed by atoms with van der Waals surface area (Å²) in [5.74, 6) is -0.677. The van der Waals surface area contributed by atoms with E-state index in [1.165, 1.54) is 14.0 Å². The number of hydrogen-bond acceptors (Lipinski definition) is 5. The van der Waals surface area contributed by atoms with Gasteiger partial charge in [-0.1, -0.05) is 0 Å². The Balaban J connectivity index is 3.12. The number of ether oxygens (including phenoxy) is 2. The van der Waals surface area contributed by atoms with Gasteiger partial charge in [-0.3, -0.25) is 9.59 Å². The highest BCUT2D eigenvalue weighted by Crippen LogP contribution is 2.28. The van der Waals surface area contributed by atoms with Crippen molar-refractivity contribution in [3.05, 3.63) is 29.8 Å². The standard InChI is InChI=1S/C17H23NO5/c1-6-23-16(21)14(18-11(2)19)17(3,4)15(20)12-7-9-13(22-5)10-8-12/h7-10,14H,6H2,1-5H3,(H,18,19)/t14-/m0/s1. The topological polar surface area (TPSA) is 81.7 Å². The molecule has 1 amide bonds. The minimum absolute atomic E-state index is 0.168. The number of amides is 1. The summed E-state index contributed by atoms with van der Waals surface area (Å²) in [5.41, 5.74) is -0.734. The second-order valence-corrected chi connectivity index (χ2v) is 5.66. The number of Topliss-reactive ketones (excluding diaryl/α,β-unsaturated/α-hetero) is 1. The first-order valence-corrected chi connectivity index (χ1v) is 7.36. The molecule has 1 aromatic carbocycles. The first-order chi connectivity index (χ1) is 10.7. The van der Waals surface area contributed by atoms with Crippen LogP contribution in [-0.4, -0.2) is 37.4 Å². The summed E-state index contributed by atoms with van der Waals surface area (Å²) in [5, 5.41) is 2.52. The van der Waals surface area contributed by atoms with Gasteiger partial charge in [-0.15, -0.1) is 0 Å². The molecule has 1 atom stereocenters. The maximum Gasteiger partial charge on any atom is 0.329 e. The summed E-state index contributed by atoms with van der Waals surface area (Å²) in [6.07, 6.45) is 0. The van der Waals surface area contributed by atoms with Gasteiger partial charge in [0.1, 0.15) is 11.8 Å². The number of carbonyl (C=O) groups excluding carboxylic acids is 3. The van der Waals surface area contributed by atoms with Crippen molar-refractivity contribution in [3.63, 3.8) is 0 Å². The second kappa shape index (κ2) is 7.76. The van der Waals surface area contributed by atoms with Crippen LogP contribution in [0.2, 0.25) is 0 Å². The number of methoxy groups -OCH3 is 1. The molecule has 0 saturated carbocycles. The first-order valence-electron chi connectivity index (χ1n) is 7.36. The fraction of sp³-hybridized carbons (Fsp3) is 0.471. The van der Waals surface area contributed by atoms with Crippen LogP contribution in [0, 0.1) is 5.41 Å². The van der Waals surface area contributed by atoms with Crippen molar-refractivity contribution in [2.24, 2.45) is 5.41 Å². The molecule has 0 heterocycles. The predicted octanol–water partition coefficient (Wildman–Crippen LogP) is 1.97. The average Bonchev–Trinajstić information content (AvgIpc) is 2.51. The van der Waals surface area contributed by atoms with E-state index >= 15 is 0 Å². The van der Waals surface area contributed by atoms with Crippen molar-refractivity contribution in [2.45, 2.75) is 33.7 Å². The number of hydrogen-bond donors (Lipinski definition) is 1. The lowest BCUT2D eigenvalue weighted by molar-refractivity contribution is -0.149. The molecule has 23 heavy (non-hydrogen) atoms. The first kappa shape index (κ1) is 18.7. The molecule has 0 aromatic heterocycles. The average molecular weight is 321 g/mol. The minimum Gasteiger partial charge on any atom is -0.497 e. The molecule has 6 nitrogen and oxygen atoms in total. The van der Waals surface area contributed by atoms with E-state index in [0.717, 1.165) is 0 Å². The van der Waals surface area contributed by atoms with Gasteiger partial charge in [-0.05, 0) is 45.0 Å². The van der Waals surface area contributed by atoms with Crippen LogP contribution < -0.4 is 10.1 Å². The molecule has 0 spiro atoms. The molecule has 6 heteroatoms. The van der Waals surface area contributed by atoms with E-state index in [1.807, 2.05) is 0 Å². The number of rotatable bonds is 7. The predicted molar refractivity (Wildman–Crippen MR) is 85.3 cm³/mol. The number of nitrogens with one attached hydrogen (secondary N) is 1. The van der Waals surface area contributed by atoms with Crippen LogP contribution in [0.1, 0.15) is 38.1 Å². The van der Waals surface area contributed by atoms with Crippen LogP contribution in [0.25, 0.3) is 0 Å². The molecule has 1 aromatic rings. The molecule has 126 valence electrons. The summed E-state index contributed by atoms with van der Waals surface area (Å²) in [7, 11) is 1.54. The van der Waals surface area contributed by atoms with Gasteiger partial charge in [0.2, 0.25) is 5.91 Å². The van der Waals surface area contributed by atoms with Crippen molar-refractivity contribution < 1.29 is 23.9 Å². The third-order valence-electron chi connectivity index (χ3n) is 3.53. The van der Waals surface area contributed by atoms with Gasteiger partial charge in [-0.25, -0.2) is 4.79 Å². The van der Waals surface area contributed by atoms with Crippen molar-refractivity contribution in [2.75, 3.05) is 13.7 Å². The molecule has 0 bridgehead atoms. The Morgan fingerprint density at radius 1 is 1.17 bits per heavy atom. The molecule has 0 fully saturated rings. The summed E-state index contributed by atoms with van der Waals surface area (Å²) < 4.78 is 10.1. The van der Waals surface area contributed by atoms with Crippen LogP contribution in [0.5, 0.6) is 5.75 Å². The zero-order valence-corrected chi connectivity index (χ0v) is 14.1. The normalized spacial score (nSPS) is 12.2. The molecule has 1 rings (SSSR count). The molecule has 0 aliphatic rings. The summed E-state index contributed by atoms with van der Waals surface area (Å²) in [4.78, 5) is 36.4. The monoisotopic (exact) mass is 321 g/mol. The Labute approximate surface area is 136 Å². The second-order valence-electron chi connectivity index (χ2n) is 5.66. The maximum absolute atomic E-state index is 12.8. The Morgan fingerprint density at radius 2 is 1.74 bits per heavy atom.